The van der Waals surface area contributed by atoms with Gasteiger partial charge in [0, 0.05) is 49.7 Å². The summed E-state index contributed by atoms with van der Waals surface area (Å²) in [7, 11) is 0. The maximum Gasteiger partial charge on any atom is 0.257 e. The molecule has 1 fully saturated rings. The largest absolute Gasteiger partial charge is 0.369 e. The molecule has 0 aliphatic carbocycles. The van der Waals surface area contributed by atoms with Crippen LogP contribution in [0.5, 0.6) is 0 Å². The Hall–Kier alpha value is -3.22. The van der Waals surface area contributed by atoms with E-state index in [4.69, 9.17) is 12.2 Å². The second-order valence-electron chi connectivity index (χ2n) is 8.50. The fraction of sp³-hybridized carbons (Fsp3) is 0.259. The Labute approximate surface area is 201 Å². The van der Waals surface area contributed by atoms with E-state index in [2.05, 4.69) is 62.9 Å². The second-order valence-corrected chi connectivity index (χ2v) is 8.91. The van der Waals surface area contributed by atoms with Gasteiger partial charge in [0.25, 0.3) is 5.91 Å². The maximum absolute atomic E-state index is 12.5. The van der Waals surface area contributed by atoms with Crippen LogP contribution in [0.15, 0.2) is 72.8 Å². The van der Waals surface area contributed by atoms with Crippen molar-refractivity contribution in [2.24, 2.45) is 0 Å². The van der Waals surface area contributed by atoms with Crippen molar-refractivity contribution >= 4 is 34.6 Å². The van der Waals surface area contributed by atoms with E-state index < -0.39 is 0 Å². The summed E-state index contributed by atoms with van der Waals surface area (Å²) in [6.45, 7) is 9.12. The molecule has 1 aliphatic heterocycles. The number of anilines is 2. The second kappa shape index (κ2) is 10.6. The SMILES string of the molecule is Cc1ccc(C(=O)NC(=S)Nc2ccc(N3CCN(Cc4ccccc4)CC3)cc2)cc1C. The lowest BCUT2D eigenvalue weighted by atomic mass is 10.1. The van der Waals surface area contributed by atoms with Gasteiger partial charge in [-0.05, 0) is 79.2 Å². The minimum absolute atomic E-state index is 0.208. The average molecular weight is 459 g/mol. The first kappa shape index (κ1) is 23.0. The molecule has 170 valence electrons. The lowest BCUT2D eigenvalue weighted by Gasteiger charge is -2.36. The predicted molar refractivity (Wildman–Crippen MR) is 140 cm³/mol. The Balaban J connectivity index is 1.26. The van der Waals surface area contributed by atoms with Crippen LogP contribution in [0.3, 0.4) is 0 Å². The van der Waals surface area contributed by atoms with Crippen molar-refractivity contribution in [2.45, 2.75) is 20.4 Å². The van der Waals surface area contributed by atoms with Gasteiger partial charge in [-0.1, -0.05) is 36.4 Å². The monoisotopic (exact) mass is 458 g/mol. The van der Waals surface area contributed by atoms with Crippen LogP contribution in [0, 0.1) is 13.8 Å². The predicted octanol–water partition coefficient (Wildman–Crippen LogP) is 4.75. The summed E-state index contributed by atoms with van der Waals surface area (Å²) in [5.74, 6) is -0.208. The normalized spacial score (nSPS) is 14.1. The lowest BCUT2D eigenvalue weighted by Crippen LogP contribution is -2.45. The van der Waals surface area contributed by atoms with Crippen LogP contribution in [-0.2, 0) is 6.54 Å². The molecule has 0 unspecified atom stereocenters. The zero-order valence-electron chi connectivity index (χ0n) is 19.2. The molecule has 3 aromatic rings. The number of carbonyl (C=O) groups excluding carboxylic acids is 1. The standard InChI is InChI=1S/C27H30N4OS/c1-20-8-9-23(18-21(20)2)26(32)29-27(33)28-24-10-12-25(13-11-24)31-16-14-30(15-17-31)19-22-6-4-3-5-7-22/h3-13,18H,14-17,19H2,1-2H3,(H2,28,29,32,33). The Morgan fingerprint density at radius 2 is 1.58 bits per heavy atom. The van der Waals surface area contributed by atoms with Crippen LogP contribution in [0.25, 0.3) is 0 Å². The number of nitrogens with zero attached hydrogens (tertiary/aromatic N) is 2. The van der Waals surface area contributed by atoms with Crippen LogP contribution < -0.4 is 15.5 Å². The number of rotatable bonds is 5. The highest BCUT2D eigenvalue weighted by atomic mass is 32.1. The number of amides is 1. The molecule has 4 rings (SSSR count). The molecule has 0 spiro atoms. The van der Waals surface area contributed by atoms with Gasteiger partial charge in [0.2, 0.25) is 0 Å². The van der Waals surface area contributed by atoms with E-state index in [9.17, 15) is 4.79 Å². The molecule has 1 aliphatic rings. The highest BCUT2D eigenvalue weighted by Gasteiger charge is 2.17. The first-order chi connectivity index (χ1) is 16.0. The molecule has 2 N–H and O–H groups in total. The zero-order chi connectivity index (χ0) is 23.2. The molecule has 0 atom stereocenters. The van der Waals surface area contributed by atoms with Gasteiger partial charge in [-0.3, -0.25) is 15.0 Å². The van der Waals surface area contributed by atoms with Crippen molar-refractivity contribution in [3.8, 4) is 0 Å². The molecule has 1 heterocycles. The fourth-order valence-electron chi connectivity index (χ4n) is 3.98. The molecule has 3 aromatic carbocycles. The number of hydrogen-bond acceptors (Lipinski definition) is 4. The molecule has 0 aromatic heterocycles. The summed E-state index contributed by atoms with van der Waals surface area (Å²) in [4.78, 5) is 17.4. The van der Waals surface area contributed by atoms with E-state index in [-0.39, 0.29) is 5.91 Å². The van der Waals surface area contributed by atoms with Gasteiger partial charge in [0.05, 0.1) is 0 Å². The molecule has 6 heteroatoms. The third kappa shape index (κ3) is 6.18. The first-order valence-corrected chi connectivity index (χ1v) is 11.7. The summed E-state index contributed by atoms with van der Waals surface area (Å²) < 4.78 is 0. The van der Waals surface area contributed by atoms with Gasteiger partial charge in [0.15, 0.2) is 5.11 Å². The number of piperazine rings is 1. The lowest BCUT2D eigenvalue weighted by molar-refractivity contribution is 0.0977. The number of nitrogens with one attached hydrogen (secondary N) is 2. The van der Waals surface area contributed by atoms with E-state index in [1.165, 1.54) is 11.3 Å². The third-order valence-electron chi connectivity index (χ3n) is 6.11. The highest BCUT2D eigenvalue weighted by Crippen LogP contribution is 2.20. The van der Waals surface area contributed by atoms with Crippen LogP contribution >= 0.6 is 12.2 Å². The van der Waals surface area contributed by atoms with Crippen molar-refractivity contribution in [3.63, 3.8) is 0 Å². The topological polar surface area (TPSA) is 47.6 Å². The maximum atomic E-state index is 12.5. The molecule has 0 saturated carbocycles. The van der Waals surface area contributed by atoms with Gasteiger partial charge in [-0.2, -0.15) is 0 Å². The van der Waals surface area contributed by atoms with Crippen LogP contribution in [0.2, 0.25) is 0 Å². The van der Waals surface area contributed by atoms with Gasteiger partial charge in [-0.15, -0.1) is 0 Å². The van der Waals surface area contributed by atoms with Gasteiger partial charge in [-0.25, -0.2) is 0 Å². The molecule has 0 radical (unpaired) electrons. The average Bonchev–Trinajstić information content (AvgIpc) is 2.82. The first-order valence-electron chi connectivity index (χ1n) is 11.3. The Kier molecular flexibility index (Phi) is 7.37. The molecule has 1 saturated heterocycles. The van der Waals surface area contributed by atoms with Gasteiger partial charge < -0.3 is 10.2 Å². The number of benzene rings is 3. The fourth-order valence-corrected chi connectivity index (χ4v) is 4.19. The summed E-state index contributed by atoms with van der Waals surface area (Å²) in [6, 6.07) is 24.5. The highest BCUT2D eigenvalue weighted by molar-refractivity contribution is 7.80. The van der Waals surface area contributed by atoms with Gasteiger partial charge >= 0.3 is 0 Å². The summed E-state index contributed by atoms with van der Waals surface area (Å²) >= 11 is 5.34. The summed E-state index contributed by atoms with van der Waals surface area (Å²) in [5.41, 5.74) is 6.26. The van der Waals surface area contributed by atoms with Crippen molar-refractivity contribution in [1.29, 1.82) is 0 Å². The van der Waals surface area contributed by atoms with Crippen LogP contribution in [0.4, 0.5) is 11.4 Å². The summed E-state index contributed by atoms with van der Waals surface area (Å²) in [5, 5.41) is 6.16. The van der Waals surface area contributed by atoms with Crippen molar-refractivity contribution in [2.75, 3.05) is 36.4 Å². The zero-order valence-corrected chi connectivity index (χ0v) is 20.0. The molecular formula is C27H30N4OS. The van der Waals surface area contributed by atoms with E-state index in [1.54, 1.807) is 0 Å². The minimum atomic E-state index is -0.208. The number of carbonyl (C=O) groups is 1. The quantitative estimate of drug-likeness (QED) is 0.540. The Morgan fingerprint density at radius 3 is 2.24 bits per heavy atom. The van der Waals surface area contributed by atoms with E-state index in [0.717, 1.165) is 49.5 Å². The van der Waals surface area contributed by atoms with E-state index in [0.29, 0.717) is 10.7 Å². The van der Waals surface area contributed by atoms with Crippen LogP contribution in [0.1, 0.15) is 27.0 Å². The minimum Gasteiger partial charge on any atom is -0.369 e. The third-order valence-corrected chi connectivity index (χ3v) is 6.31. The van der Waals surface area contributed by atoms with Crippen LogP contribution in [-0.4, -0.2) is 42.1 Å². The smallest absolute Gasteiger partial charge is 0.257 e. The molecule has 5 nitrogen and oxygen atoms in total. The van der Waals surface area contributed by atoms with E-state index >= 15 is 0 Å². The van der Waals surface area contributed by atoms with Crippen molar-refractivity contribution in [1.82, 2.24) is 10.2 Å². The number of thiocarbonyl (C=S) groups is 1. The molecule has 1 amide bonds. The summed E-state index contributed by atoms with van der Waals surface area (Å²) in [6.07, 6.45) is 0. The number of hydrogen-bond donors (Lipinski definition) is 2. The van der Waals surface area contributed by atoms with Crippen molar-refractivity contribution in [3.05, 3.63) is 95.1 Å². The van der Waals surface area contributed by atoms with E-state index in [1.807, 2.05) is 44.2 Å². The van der Waals surface area contributed by atoms with Crippen molar-refractivity contribution < 1.29 is 4.79 Å². The number of aryl methyl sites for hydroxylation is 2. The Bertz CT molecular complexity index is 1110. The molecule has 0 bridgehead atoms. The Morgan fingerprint density at radius 1 is 0.879 bits per heavy atom. The van der Waals surface area contributed by atoms with Gasteiger partial charge in [0.1, 0.15) is 0 Å². The molecular weight excluding hydrogens is 428 g/mol. The molecule has 33 heavy (non-hydrogen) atoms.